The van der Waals surface area contributed by atoms with E-state index < -0.39 is 0 Å². The summed E-state index contributed by atoms with van der Waals surface area (Å²) < 4.78 is 6.77. The third kappa shape index (κ3) is 3.87. The zero-order valence-electron chi connectivity index (χ0n) is 13.6. The standard InChI is InChI=1S/C18H22BrN3O2/c19-15-7-2-1-6-14(15)16-12-21-17(24-16)8-9-18(23)22-10-4-3-5-13(22)11-20/h1-2,6-7,12-13H,3-5,8-11,20H2/t13-/m1/s1. The van der Waals surface area contributed by atoms with Crippen molar-refractivity contribution in [1.82, 2.24) is 9.88 Å². The molecule has 6 heteroatoms. The predicted octanol–water partition coefficient (Wildman–Crippen LogP) is 3.38. The van der Waals surface area contributed by atoms with Crippen LogP contribution in [0.5, 0.6) is 0 Å². The van der Waals surface area contributed by atoms with Crippen molar-refractivity contribution in [2.75, 3.05) is 13.1 Å². The van der Waals surface area contributed by atoms with Gasteiger partial charge in [-0.2, -0.15) is 0 Å². The molecular weight excluding hydrogens is 370 g/mol. The molecule has 5 nitrogen and oxygen atoms in total. The Labute approximate surface area is 150 Å². The Morgan fingerprint density at radius 2 is 2.21 bits per heavy atom. The molecule has 24 heavy (non-hydrogen) atoms. The number of nitrogens with zero attached hydrogens (tertiary/aromatic N) is 2. The van der Waals surface area contributed by atoms with Crippen LogP contribution in [-0.4, -0.2) is 34.9 Å². The van der Waals surface area contributed by atoms with Crippen LogP contribution in [0.2, 0.25) is 0 Å². The quantitative estimate of drug-likeness (QED) is 0.847. The first-order chi connectivity index (χ1) is 11.7. The molecule has 1 aromatic heterocycles. The monoisotopic (exact) mass is 391 g/mol. The molecule has 0 unspecified atom stereocenters. The van der Waals surface area contributed by atoms with E-state index in [1.807, 2.05) is 29.2 Å². The van der Waals surface area contributed by atoms with Gasteiger partial charge in [-0.1, -0.05) is 34.1 Å². The lowest BCUT2D eigenvalue weighted by molar-refractivity contribution is -0.134. The van der Waals surface area contributed by atoms with Gasteiger partial charge in [-0.3, -0.25) is 4.79 Å². The number of piperidine rings is 1. The molecule has 1 aliphatic rings. The van der Waals surface area contributed by atoms with Gasteiger partial charge in [0, 0.05) is 42.0 Å². The van der Waals surface area contributed by atoms with Crippen LogP contribution in [0.25, 0.3) is 11.3 Å². The van der Waals surface area contributed by atoms with Crippen LogP contribution in [0.3, 0.4) is 0 Å². The van der Waals surface area contributed by atoms with E-state index in [0.717, 1.165) is 35.8 Å². The maximum atomic E-state index is 12.5. The van der Waals surface area contributed by atoms with Crippen LogP contribution < -0.4 is 5.73 Å². The van der Waals surface area contributed by atoms with Crippen LogP contribution >= 0.6 is 15.9 Å². The average molecular weight is 392 g/mol. The summed E-state index contributed by atoms with van der Waals surface area (Å²) in [6.45, 7) is 1.35. The summed E-state index contributed by atoms with van der Waals surface area (Å²) >= 11 is 3.51. The Kier molecular flexibility index (Phi) is 5.68. The Hall–Kier alpha value is -1.66. The van der Waals surface area contributed by atoms with E-state index in [-0.39, 0.29) is 11.9 Å². The maximum absolute atomic E-state index is 12.5. The van der Waals surface area contributed by atoms with Crippen LogP contribution in [0, 0.1) is 0 Å². The second kappa shape index (κ2) is 7.94. The van der Waals surface area contributed by atoms with Crippen LogP contribution in [0.15, 0.2) is 39.4 Å². The maximum Gasteiger partial charge on any atom is 0.223 e. The lowest BCUT2D eigenvalue weighted by atomic mass is 10.0. The van der Waals surface area contributed by atoms with Crippen molar-refractivity contribution in [3.8, 4) is 11.3 Å². The number of aryl methyl sites for hydroxylation is 1. The van der Waals surface area contributed by atoms with Gasteiger partial charge in [-0.15, -0.1) is 0 Å². The van der Waals surface area contributed by atoms with E-state index in [1.165, 1.54) is 0 Å². The molecule has 2 heterocycles. The van der Waals surface area contributed by atoms with Gasteiger partial charge in [0.25, 0.3) is 0 Å². The van der Waals surface area contributed by atoms with Crippen LogP contribution in [0.4, 0.5) is 0 Å². The number of hydrogen-bond donors (Lipinski definition) is 1. The molecule has 1 saturated heterocycles. The molecule has 2 aromatic rings. The molecule has 1 aromatic carbocycles. The minimum atomic E-state index is 0.144. The minimum Gasteiger partial charge on any atom is -0.441 e. The van der Waals surface area contributed by atoms with E-state index in [1.54, 1.807) is 6.20 Å². The number of carbonyl (C=O) groups is 1. The number of benzene rings is 1. The van der Waals surface area contributed by atoms with Gasteiger partial charge < -0.3 is 15.1 Å². The number of oxazole rings is 1. The van der Waals surface area contributed by atoms with Crippen LogP contribution in [-0.2, 0) is 11.2 Å². The van der Waals surface area contributed by atoms with E-state index in [9.17, 15) is 4.79 Å². The highest BCUT2D eigenvalue weighted by Gasteiger charge is 2.25. The Morgan fingerprint density at radius 1 is 1.38 bits per heavy atom. The van der Waals surface area contributed by atoms with Crippen molar-refractivity contribution in [3.05, 3.63) is 40.8 Å². The molecule has 0 aliphatic carbocycles. The zero-order valence-corrected chi connectivity index (χ0v) is 15.2. The Bertz CT molecular complexity index is 701. The van der Waals surface area contributed by atoms with E-state index in [2.05, 4.69) is 20.9 Å². The second-order valence-corrected chi connectivity index (χ2v) is 6.92. The smallest absolute Gasteiger partial charge is 0.223 e. The molecule has 128 valence electrons. The topological polar surface area (TPSA) is 72.4 Å². The zero-order chi connectivity index (χ0) is 16.9. The highest BCUT2D eigenvalue weighted by Crippen LogP contribution is 2.28. The highest BCUT2D eigenvalue weighted by atomic mass is 79.9. The lowest BCUT2D eigenvalue weighted by Gasteiger charge is -2.35. The van der Waals surface area contributed by atoms with E-state index in [4.69, 9.17) is 10.2 Å². The molecule has 1 fully saturated rings. The normalized spacial score (nSPS) is 17.9. The lowest BCUT2D eigenvalue weighted by Crippen LogP contribution is -2.47. The SMILES string of the molecule is NC[C@H]1CCCCN1C(=O)CCc1ncc(-c2ccccc2Br)o1. The molecular formula is C18H22BrN3O2. The fourth-order valence-electron chi connectivity index (χ4n) is 3.14. The Balaban J connectivity index is 1.61. The van der Waals surface area contributed by atoms with Gasteiger partial charge in [0.15, 0.2) is 11.7 Å². The number of amides is 1. The molecule has 3 rings (SSSR count). The van der Waals surface area contributed by atoms with Crippen molar-refractivity contribution in [1.29, 1.82) is 0 Å². The number of aromatic nitrogens is 1. The summed E-state index contributed by atoms with van der Waals surface area (Å²) in [4.78, 5) is 18.7. The van der Waals surface area contributed by atoms with Gasteiger partial charge in [0.1, 0.15) is 0 Å². The predicted molar refractivity (Wildman–Crippen MR) is 96.4 cm³/mol. The van der Waals surface area contributed by atoms with Crippen molar-refractivity contribution < 1.29 is 9.21 Å². The molecule has 1 aliphatic heterocycles. The third-order valence-corrected chi connectivity index (χ3v) is 5.16. The number of hydrogen-bond acceptors (Lipinski definition) is 4. The largest absolute Gasteiger partial charge is 0.441 e. The van der Waals surface area contributed by atoms with Crippen molar-refractivity contribution in [3.63, 3.8) is 0 Å². The first-order valence-electron chi connectivity index (χ1n) is 8.38. The molecule has 0 bridgehead atoms. The van der Waals surface area contributed by atoms with E-state index >= 15 is 0 Å². The van der Waals surface area contributed by atoms with Crippen LogP contribution in [0.1, 0.15) is 31.6 Å². The van der Waals surface area contributed by atoms with Crippen molar-refractivity contribution in [2.45, 2.75) is 38.1 Å². The molecule has 0 radical (unpaired) electrons. The number of halogens is 1. The summed E-state index contributed by atoms with van der Waals surface area (Å²) in [5, 5.41) is 0. The molecule has 1 amide bonds. The number of rotatable bonds is 5. The Morgan fingerprint density at radius 3 is 3.00 bits per heavy atom. The first kappa shape index (κ1) is 17.2. The molecule has 0 saturated carbocycles. The summed E-state index contributed by atoms with van der Waals surface area (Å²) in [5.41, 5.74) is 6.75. The highest BCUT2D eigenvalue weighted by molar-refractivity contribution is 9.10. The summed E-state index contributed by atoms with van der Waals surface area (Å²) in [6.07, 6.45) is 5.86. The number of nitrogens with two attached hydrogens (primary N) is 1. The van der Waals surface area contributed by atoms with Gasteiger partial charge in [0.05, 0.1) is 6.20 Å². The van der Waals surface area contributed by atoms with Gasteiger partial charge in [-0.25, -0.2) is 4.98 Å². The summed E-state index contributed by atoms with van der Waals surface area (Å²) in [5.74, 6) is 1.45. The van der Waals surface area contributed by atoms with Gasteiger partial charge in [-0.05, 0) is 25.3 Å². The summed E-state index contributed by atoms with van der Waals surface area (Å²) in [6, 6.07) is 8.03. The van der Waals surface area contributed by atoms with E-state index in [0.29, 0.717) is 31.0 Å². The van der Waals surface area contributed by atoms with Gasteiger partial charge in [0.2, 0.25) is 5.91 Å². The fourth-order valence-corrected chi connectivity index (χ4v) is 3.62. The van der Waals surface area contributed by atoms with Crippen molar-refractivity contribution >= 4 is 21.8 Å². The first-order valence-corrected chi connectivity index (χ1v) is 9.17. The van der Waals surface area contributed by atoms with Gasteiger partial charge >= 0.3 is 0 Å². The molecule has 1 atom stereocenters. The third-order valence-electron chi connectivity index (χ3n) is 4.47. The minimum absolute atomic E-state index is 0.144. The summed E-state index contributed by atoms with van der Waals surface area (Å²) in [7, 11) is 0. The number of carbonyl (C=O) groups excluding carboxylic acids is 1. The number of likely N-dealkylation sites (tertiary alicyclic amines) is 1. The van der Waals surface area contributed by atoms with Crippen molar-refractivity contribution in [2.24, 2.45) is 5.73 Å². The molecule has 2 N–H and O–H groups in total. The fraction of sp³-hybridized carbons (Fsp3) is 0.444. The average Bonchev–Trinajstić information content (AvgIpc) is 3.08. The second-order valence-electron chi connectivity index (χ2n) is 6.07. The molecule has 0 spiro atoms.